The van der Waals surface area contributed by atoms with E-state index in [4.69, 9.17) is 9.47 Å². The fourth-order valence-corrected chi connectivity index (χ4v) is 4.61. The van der Waals surface area contributed by atoms with Crippen molar-refractivity contribution in [2.45, 2.75) is 27.1 Å². The van der Waals surface area contributed by atoms with E-state index in [1.165, 1.54) is 9.59 Å². The molecular formula is C30H28N6O4. The van der Waals surface area contributed by atoms with Crippen LogP contribution in [0.3, 0.4) is 0 Å². The van der Waals surface area contributed by atoms with Crippen LogP contribution in [0.4, 0.5) is 0 Å². The van der Waals surface area contributed by atoms with Gasteiger partial charge in [0.05, 0.1) is 26.4 Å². The van der Waals surface area contributed by atoms with Crippen molar-refractivity contribution < 1.29 is 19.7 Å². The zero-order valence-corrected chi connectivity index (χ0v) is 22.2. The first-order chi connectivity index (χ1) is 19.5. The lowest BCUT2D eigenvalue weighted by molar-refractivity contribution is 0.0327. The van der Waals surface area contributed by atoms with Gasteiger partial charge in [0.1, 0.15) is 44.9 Å². The second kappa shape index (κ2) is 10.8. The molecule has 202 valence electrons. The van der Waals surface area contributed by atoms with Crippen LogP contribution in [0.25, 0.3) is 33.4 Å². The molecule has 0 spiro atoms. The number of nitrogens with zero attached hydrogens (tertiary/aromatic N) is 6. The molecule has 0 amide bonds. The summed E-state index contributed by atoms with van der Waals surface area (Å²) in [4.78, 5) is 2.90. The van der Waals surface area contributed by atoms with Crippen molar-refractivity contribution in [3.05, 3.63) is 95.1 Å². The molecule has 0 atom stereocenters. The predicted molar refractivity (Wildman–Crippen MR) is 150 cm³/mol. The Labute approximate surface area is 230 Å². The third-order valence-electron chi connectivity index (χ3n) is 6.52. The highest BCUT2D eigenvalue weighted by molar-refractivity contribution is 5.74. The van der Waals surface area contributed by atoms with Gasteiger partial charge in [0.2, 0.25) is 0 Å². The van der Waals surface area contributed by atoms with E-state index in [1.807, 2.05) is 86.6 Å². The Morgan fingerprint density at radius 1 is 0.575 bits per heavy atom. The zero-order valence-electron chi connectivity index (χ0n) is 22.2. The number of aromatic hydroxyl groups is 2. The molecular weight excluding hydrogens is 508 g/mol. The highest BCUT2D eigenvalue weighted by atomic mass is 16.5. The fourth-order valence-electron chi connectivity index (χ4n) is 4.61. The van der Waals surface area contributed by atoms with Crippen LogP contribution >= 0.6 is 0 Å². The van der Waals surface area contributed by atoms with Gasteiger partial charge in [-0.25, -0.2) is 0 Å². The van der Waals surface area contributed by atoms with Crippen LogP contribution in [-0.4, -0.2) is 53.4 Å². The molecule has 2 heterocycles. The number of ether oxygens (including phenoxy) is 2. The molecule has 0 saturated carbocycles. The van der Waals surface area contributed by atoms with Gasteiger partial charge in [-0.15, -0.1) is 30.0 Å². The number of rotatable bonds is 9. The molecule has 0 saturated heterocycles. The number of fused-ring (bicyclic) bond motifs is 2. The Hall–Kier alpha value is -4.80. The molecule has 2 N–H and O–H groups in total. The van der Waals surface area contributed by atoms with E-state index in [9.17, 15) is 10.2 Å². The van der Waals surface area contributed by atoms with Crippen LogP contribution in [0.2, 0.25) is 0 Å². The van der Waals surface area contributed by atoms with E-state index in [1.54, 1.807) is 0 Å². The van der Waals surface area contributed by atoms with Crippen LogP contribution < -0.4 is 0 Å². The first-order valence-electron chi connectivity index (χ1n) is 12.9. The summed E-state index contributed by atoms with van der Waals surface area (Å²) in [5.41, 5.74) is 7.17. The number of aryl methyl sites for hydroxylation is 2. The van der Waals surface area contributed by atoms with Crippen molar-refractivity contribution in [1.82, 2.24) is 30.0 Å². The maximum Gasteiger partial charge on any atom is 0.148 e. The topological polar surface area (TPSA) is 120 Å². The van der Waals surface area contributed by atoms with Crippen molar-refractivity contribution in [2.75, 3.05) is 13.2 Å². The lowest BCUT2D eigenvalue weighted by atomic mass is 10.1. The molecule has 6 rings (SSSR count). The average Bonchev–Trinajstić information content (AvgIpc) is 3.58. The molecule has 0 aliphatic rings. The maximum atomic E-state index is 10.9. The smallest absolute Gasteiger partial charge is 0.148 e. The number of hydrogen-bond donors (Lipinski definition) is 2. The Kier molecular flexibility index (Phi) is 6.85. The van der Waals surface area contributed by atoms with Crippen molar-refractivity contribution in [3.8, 4) is 22.9 Å². The van der Waals surface area contributed by atoms with Gasteiger partial charge in [-0.3, -0.25) is 0 Å². The molecule has 10 heteroatoms. The molecule has 0 unspecified atom stereocenters. The largest absolute Gasteiger partial charge is 0.505 e. The molecule has 4 aromatic carbocycles. The quantitative estimate of drug-likeness (QED) is 0.250. The summed E-state index contributed by atoms with van der Waals surface area (Å²) in [6, 6.07) is 22.5. The van der Waals surface area contributed by atoms with E-state index in [0.717, 1.165) is 33.2 Å². The standard InChI is InChI=1S/C30H28N6O4/c1-19-13-21(29(37)27(15-19)35-31-23-7-3-4-8-24(23)32-35)17-39-11-12-40-18-22-14-20(2)16-28(30(22)38)36-33-25-9-5-6-10-26(25)34-36/h3-10,13-16,37-38H,11-12,17-18H2,1-2H3. The summed E-state index contributed by atoms with van der Waals surface area (Å²) in [5, 5.41) is 39.7. The second-order valence-electron chi connectivity index (χ2n) is 9.65. The molecule has 10 nitrogen and oxygen atoms in total. The summed E-state index contributed by atoms with van der Waals surface area (Å²) in [6.07, 6.45) is 0. The number of benzene rings is 4. The average molecular weight is 537 g/mol. The number of phenols is 2. The zero-order chi connectivity index (χ0) is 27.6. The Morgan fingerprint density at radius 3 is 1.27 bits per heavy atom. The lowest BCUT2D eigenvalue weighted by Gasteiger charge is -2.13. The van der Waals surface area contributed by atoms with Crippen molar-refractivity contribution in [2.24, 2.45) is 0 Å². The minimum absolute atomic E-state index is 0.0731. The van der Waals surface area contributed by atoms with Crippen LogP contribution in [-0.2, 0) is 22.7 Å². The molecule has 0 aliphatic carbocycles. The minimum atomic E-state index is 0.0731. The normalized spacial score (nSPS) is 11.6. The SMILES string of the molecule is Cc1cc(COCCOCc2cc(C)cc(-n3nc4ccccc4n3)c2O)c(O)c(-n2nc3ccccc3n2)c1. The highest BCUT2D eigenvalue weighted by Gasteiger charge is 2.15. The number of phenolic OH excluding ortho intramolecular Hbond substituents is 2. The van der Waals surface area contributed by atoms with Crippen molar-refractivity contribution >= 4 is 22.1 Å². The minimum Gasteiger partial charge on any atom is -0.505 e. The summed E-state index contributed by atoms with van der Waals surface area (Å²) < 4.78 is 11.6. The van der Waals surface area contributed by atoms with E-state index < -0.39 is 0 Å². The van der Waals surface area contributed by atoms with Crippen LogP contribution in [0.1, 0.15) is 22.3 Å². The molecule has 0 aliphatic heterocycles. The van der Waals surface area contributed by atoms with Gasteiger partial charge in [-0.05, 0) is 73.5 Å². The van der Waals surface area contributed by atoms with Crippen LogP contribution in [0, 0.1) is 13.8 Å². The maximum absolute atomic E-state index is 10.9. The molecule has 6 aromatic rings. The lowest BCUT2D eigenvalue weighted by Crippen LogP contribution is -2.07. The first-order valence-corrected chi connectivity index (χ1v) is 12.9. The van der Waals surface area contributed by atoms with Gasteiger partial charge in [-0.1, -0.05) is 24.3 Å². The van der Waals surface area contributed by atoms with Crippen LogP contribution in [0.15, 0.2) is 72.8 Å². The van der Waals surface area contributed by atoms with Crippen LogP contribution in [0.5, 0.6) is 11.5 Å². The molecule has 0 radical (unpaired) electrons. The Balaban J connectivity index is 1.07. The van der Waals surface area contributed by atoms with Gasteiger partial charge in [0.25, 0.3) is 0 Å². The second-order valence-corrected chi connectivity index (χ2v) is 9.65. The van der Waals surface area contributed by atoms with Gasteiger partial charge in [-0.2, -0.15) is 0 Å². The Bertz CT molecular complexity index is 1630. The molecule has 0 fully saturated rings. The van der Waals surface area contributed by atoms with Crippen molar-refractivity contribution in [1.29, 1.82) is 0 Å². The van der Waals surface area contributed by atoms with E-state index >= 15 is 0 Å². The summed E-state index contributed by atoms with van der Waals surface area (Å²) in [6.45, 7) is 4.90. The summed E-state index contributed by atoms with van der Waals surface area (Å²) >= 11 is 0. The van der Waals surface area contributed by atoms with Gasteiger partial charge in [0.15, 0.2) is 0 Å². The van der Waals surface area contributed by atoms with Gasteiger partial charge >= 0.3 is 0 Å². The summed E-state index contributed by atoms with van der Waals surface area (Å²) in [5.74, 6) is 0.146. The van der Waals surface area contributed by atoms with E-state index in [2.05, 4.69) is 20.4 Å². The third kappa shape index (κ3) is 5.09. The predicted octanol–water partition coefficient (Wildman–Crippen LogP) is 4.92. The highest BCUT2D eigenvalue weighted by Crippen LogP contribution is 2.30. The fraction of sp³-hybridized carbons (Fsp3) is 0.200. The molecule has 40 heavy (non-hydrogen) atoms. The van der Waals surface area contributed by atoms with E-state index in [-0.39, 0.29) is 24.7 Å². The molecule has 2 aromatic heterocycles. The van der Waals surface area contributed by atoms with Gasteiger partial charge < -0.3 is 19.7 Å². The Morgan fingerprint density at radius 2 is 0.925 bits per heavy atom. The monoisotopic (exact) mass is 536 g/mol. The first kappa shape index (κ1) is 25.5. The summed E-state index contributed by atoms with van der Waals surface area (Å²) in [7, 11) is 0. The molecule has 0 bridgehead atoms. The number of aromatic nitrogens is 6. The number of hydrogen-bond acceptors (Lipinski definition) is 8. The van der Waals surface area contributed by atoms with Gasteiger partial charge in [0, 0.05) is 11.1 Å². The van der Waals surface area contributed by atoms with E-state index in [0.29, 0.717) is 35.7 Å². The van der Waals surface area contributed by atoms with Crippen molar-refractivity contribution in [3.63, 3.8) is 0 Å². The third-order valence-corrected chi connectivity index (χ3v) is 6.52.